The van der Waals surface area contributed by atoms with Gasteiger partial charge < -0.3 is 9.47 Å². The van der Waals surface area contributed by atoms with Crippen LogP contribution in [0.3, 0.4) is 0 Å². The minimum Gasteiger partial charge on any atom is -0.495 e. The Balaban J connectivity index is 3.17. The van der Waals surface area contributed by atoms with Crippen molar-refractivity contribution in [1.82, 2.24) is 4.72 Å². The van der Waals surface area contributed by atoms with Crippen LogP contribution < -0.4 is 9.46 Å². The highest BCUT2D eigenvalue weighted by atomic mass is 79.9. The van der Waals surface area contributed by atoms with E-state index in [4.69, 9.17) is 4.74 Å². The quantitative estimate of drug-likeness (QED) is 0.718. The molecule has 1 aromatic carbocycles. The van der Waals surface area contributed by atoms with Crippen LogP contribution in [0.4, 0.5) is 0 Å². The number of halogens is 1. The molecule has 0 bridgehead atoms. The lowest BCUT2D eigenvalue weighted by atomic mass is 10.1. The van der Waals surface area contributed by atoms with Gasteiger partial charge in [0.2, 0.25) is 10.0 Å². The molecule has 0 aliphatic heterocycles. The van der Waals surface area contributed by atoms with Crippen molar-refractivity contribution in [2.24, 2.45) is 5.92 Å². The van der Waals surface area contributed by atoms with Crippen molar-refractivity contribution >= 4 is 31.9 Å². The van der Waals surface area contributed by atoms with Crippen LogP contribution in [-0.2, 0) is 19.6 Å². The Morgan fingerprint density at radius 3 is 2.45 bits per heavy atom. The van der Waals surface area contributed by atoms with Gasteiger partial charge in [-0.2, -0.15) is 4.72 Å². The lowest BCUT2D eigenvalue weighted by Gasteiger charge is -2.19. The molecule has 124 valence electrons. The molecule has 0 unspecified atom stereocenters. The molecule has 1 rings (SSSR count). The van der Waals surface area contributed by atoms with Gasteiger partial charge in [0.25, 0.3) is 0 Å². The summed E-state index contributed by atoms with van der Waals surface area (Å²) in [6.07, 6.45) is 0.336. The van der Waals surface area contributed by atoms with Crippen LogP contribution in [0.1, 0.15) is 20.3 Å². The third-order valence-electron chi connectivity index (χ3n) is 2.91. The molecule has 0 aliphatic rings. The van der Waals surface area contributed by atoms with Crippen LogP contribution in [0.25, 0.3) is 0 Å². The van der Waals surface area contributed by atoms with Gasteiger partial charge in [0, 0.05) is 4.47 Å². The molecule has 0 spiro atoms. The Morgan fingerprint density at radius 2 is 1.95 bits per heavy atom. The standard InChI is InChI=1S/C14H20BrNO5S/c1-9(2)7-11(14(17)21-4)16-22(18,19)13-8-10(15)5-6-12(13)20-3/h5-6,8-9,11,16H,7H2,1-4H3/t11-/m0/s1. The van der Waals surface area contributed by atoms with E-state index in [0.29, 0.717) is 10.9 Å². The molecule has 22 heavy (non-hydrogen) atoms. The summed E-state index contributed by atoms with van der Waals surface area (Å²) < 4.78 is 37.8. The average molecular weight is 394 g/mol. The van der Waals surface area contributed by atoms with Crippen LogP contribution >= 0.6 is 15.9 Å². The molecule has 0 radical (unpaired) electrons. The van der Waals surface area contributed by atoms with Crippen LogP contribution in [0.5, 0.6) is 5.75 Å². The van der Waals surface area contributed by atoms with E-state index >= 15 is 0 Å². The van der Waals surface area contributed by atoms with Crippen LogP contribution in [-0.4, -0.2) is 34.6 Å². The molecule has 8 heteroatoms. The van der Waals surface area contributed by atoms with E-state index in [0.717, 1.165) is 0 Å². The van der Waals surface area contributed by atoms with Gasteiger partial charge in [0.1, 0.15) is 16.7 Å². The number of nitrogens with one attached hydrogen (secondary N) is 1. The second kappa shape index (κ2) is 7.94. The third kappa shape index (κ3) is 4.96. The monoisotopic (exact) mass is 393 g/mol. The minimum absolute atomic E-state index is 0.0398. The molecule has 0 aromatic heterocycles. The molecule has 1 N–H and O–H groups in total. The summed E-state index contributed by atoms with van der Waals surface area (Å²) in [4.78, 5) is 11.7. The lowest BCUT2D eigenvalue weighted by molar-refractivity contribution is -0.143. The van der Waals surface area contributed by atoms with Crippen molar-refractivity contribution in [3.8, 4) is 5.75 Å². The summed E-state index contributed by atoms with van der Waals surface area (Å²) in [6, 6.07) is 3.68. The van der Waals surface area contributed by atoms with Gasteiger partial charge in [-0.25, -0.2) is 8.42 Å². The SMILES string of the molecule is COC(=O)[C@H](CC(C)C)NS(=O)(=O)c1cc(Br)ccc1OC. The summed E-state index contributed by atoms with van der Waals surface area (Å²) in [6.45, 7) is 3.79. The van der Waals surface area contributed by atoms with E-state index in [2.05, 4.69) is 25.4 Å². The number of methoxy groups -OCH3 is 2. The first kappa shape index (κ1) is 18.9. The highest BCUT2D eigenvalue weighted by Crippen LogP contribution is 2.27. The fourth-order valence-corrected chi connectivity index (χ4v) is 3.82. The maximum absolute atomic E-state index is 12.6. The van der Waals surface area contributed by atoms with E-state index in [1.807, 2.05) is 13.8 Å². The Bertz CT molecular complexity index is 630. The van der Waals surface area contributed by atoms with Crippen molar-refractivity contribution in [3.63, 3.8) is 0 Å². The Kier molecular flexibility index (Phi) is 6.83. The van der Waals surface area contributed by atoms with Gasteiger partial charge in [0.05, 0.1) is 14.2 Å². The zero-order valence-corrected chi connectivity index (χ0v) is 15.3. The average Bonchev–Trinajstić information content (AvgIpc) is 2.45. The predicted octanol–water partition coefficient (Wildman–Crippen LogP) is 2.32. The number of rotatable bonds is 7. The highest BCUT2D eigenvalue weighted by molar-refractivity contribution is 9.10. The second-order valence-corrected chi connectivity index (χ2v) is 7.72. The van der Waals surface area contributed by atoms with Crippen molar-refractivity contribution in [2.45, 2.75) is 31.2 Å². The van der Waals surface area contributed by atoms with Crippen LogP contribution in [0.15, 0.2) is 27.6 Å². The first-order valence-electron chi connectivity index (χ1n) is 6.65. The first-order chi connectivity index (χ1) is 10.2. The van der Waals surface area contributed by atoms with Crippen LogP contribution in [0.2, 0.25) is 0 Å². The maximum Gasteiger partial charge on any atom is 0.323 e. The van der Waals surface area contributed by atoms with Gasteiger partial charge in [0.15, 0.2) is 0 Å². The topological polar surface area (TPSA) is 81.7 Å². The predicted molar refractivity (Wildman–Crippen MR) is 86.3 cm³/mol. The summed E-state index contributed by atoms with van der Waals surface area (Å²) in [5.74, 6) is -0.300. The molecule has 0 saturated heterocycles. The number of hydrogen-bond acceptors (Lipinski definition) is 5. The van der Waals surface area contributed by atoms with Crippen molar-refractivity contribution in [3.05, 3.63) is 22.7 Å². The zero-order chi connectivity index (χ0) is 16.9. The van der Waals surface area contributed by atoms with Crippen molar-refractivity contribution in [1.29, 1.82) is 0 Å². The summed E-state index contributed by atoms with van der Waals surface area (Å²) in [5.41, 5.74) is 0. The molecular formula is C14H20BrNO5S. The third-order valence-corrected chi connectivity index (χ3v) is 4.89. The van der Waals surface area contributed by atoms with Gasteiger partial charge in [-0.05, 0) is 30.5 Å². The smallest absolute Gasteiger partial charge is 0.323 e. The fraction of sp³-hybridized carbons (Fsp3) is 0.500. The minimum atomic E-state index is -3.93. The number of hydrogen-bond donors (Lipinski definition) is 1. The van der Waals surface area contributed by atoms with Gasteiger partial charge >= 0.3 is 5.97 Å². The molecule has 1 aromatic rings. The fourth-order valence-electron chi connectivity index (χ4n) is 1.92. The van der Waals surface area contributed by atoms with Crippen LogP contribution in [0, 0.1) is 5.92 Å². The van der Waals surface area contributed by atoms with E-state index in [9.17, 15) is 13.2 Å². The van der Waals surface area contributed by atoms with E-state index in [1.165, 1.54) is 26.4 Å². The maximum atomic E-state index is 12.6. The number of esters is 1. The summed E-state index contributed by atoms with van der Waals surface area (Å²) in [7, 11) is -1.32. The molecule has 0 heterocycles. The Morgan fingerprint density at radius 1 is 1.32 bits per heavy atom. The molecule has 0 fully saturated rings. The molecular weight excluding hydrogens is 374 g/mol. The van der Waals surface area contributed by atoms with E-state index < -0.39 is 22.0 Å². The molecule has 6 nitrogen and oxygen atoms in total. The van der Waals surface area contributed by atoms with E-state index in [-0.39, 0.29) is 16.6 Å². The summed E-state index contributed by atoms with van der Waals surface area (Å²) >= 11 is 3.23. The zero-order valence-electron chi connectivity index (χ0n) is 12.9. The van der Waals surface area contributed by atoms with Crippen molar-refractivity contribution < 1.29 is 22.7 Å². The van der Waals surface area contributed by atoms with E-state index in [1.54, 1.807) is 6.07 Å². The molecule has 0 aliphatic carbocycles. The number of sulfonamides is 1. The number of benzene rings is 1. The number of carbonyl (C=O) groups is 1. The van der Waals surface area contributed by atoms with Gasteiger partial charge in [-0.3, -0.25) is 4.79 Å². The summed E-state index contributed by atoms with van der Waals surface area (Å²) in [5, 5.41) is 0. The van der Waals surface area contributed by atoms with Gasteiger partial charge in [-0.15, -0.1) is 0 Å². The molecule has 1 atom stereocenters. The Hall–Kier alpha value is -1.12. The molecule has 0 amide bonds. The normalized spacial score (nSPS) is 13.0. The Labute approximate surface area is 139 Å². The molecule has 0 saturated carbocycles. The van der Waals surface area contributed by atoms with Gasteiger partial charge in [-0.1, -0.05) is 29.8 Å². The highest BCUT2D eigenvalue weighted by Gasteiger charge is 2.29. The second-order valence-electron chi connectivity index (χ2n) is 5.12. The largest absolute Gasteiger partial charge is 0.495 e. The number of ether oxygens (including phenoxy) is 2. The first-order valence-corrected chi connectivity index (χ1v) is 8.92. The van der Waals surface area contributed by atoms with Crippen molar-refractivity contribution in [2.75, 3.05) is 14.2 Å². The number of carbonyl (C=O) groups excluding carboxylic acids is 1. The lowest BCUT2D eigenvalue weighted by Crippen LogP contribution is -2.42.